The lowest BCUT2D eigenvalue weighted by Gasteiger charge is -2.26. The van der Waals surface area contributed by atoms with Gasteiger partial charge in [0.25, 0.3) is 0 Å². The molecule has 0 aromatic heterocycles. The summed E-state index contributed by atoms with van der Waals surface area (Å²) in [6, 6.07) is 6.78. The molecule has 1 aromatic rings. The molecule has 0 fully saturated rings. The Bertz CT molecular complexity index is 380. The SMILES string of the molecule is CC(C)N(CCO)C(=O)Nc1cccc(N)c1. The van der Waals surface area contributed by atoms with Crippen LogP contribution in [-0.2, 0) is 0 Å². The monoisotopic (exact) mass is 237 g/mol. The average molecular weight is 237 g/mol. The van der Waals surface area contributed by atoms with Gasteiger partial charge in [-0.1, -0.05) is 6.07 Å². The molecule has 94 valence electrons. The molecule has 17 heavy (non-hydrogen) atoms. The Morgan fingerprint density at radius 3 is 2.76 bits per heavy atom. The Hall–Kier alpha value is -1.75. The summed E-state index contributed by atoms with van der Waals surface area (Å²) < 4.78 is 0. The summed E-state index contributed by atoms with van der Waals surface area (Å²) in [5, 5.41) is 11.6. The number of hydrogen-bond donors (Lipinski definition) is 3. The highest BCUT2D eigenvalue weighted by molar-refractivity contribution is 5.90. The Kier molecular flexibility index (Phi) is 4.78. The molecule has 0 heterocycles. The Balaban J connectivity index is 2.69. The number of urea groups is 1. The molecule has 4 N–H and O–H groups in total. The highest BCUT2D eigenvalue weighted by atomic mass is 16.3. The first-order valence-electron chi connectivity index (χ1n) is 5.58. The minimum atomic E-state index is -0.236. The van der Waals surface area contributed by atoms with Gasteiger partial charge in [0.15, 0.2) is 0 Å². The van der Waals surface area contributed by atoms with Crippen LogP contribution < -0.4 is 11.1 Å². The van der Waals surface area contributed by atoms with Crippen LogP contribution in [0.1, 0.15) is 13.8 Å². The van der Waals surface area contributed by atoms with E-state index in [1.807, 2.05) is 13.8 Å². The zero-order chi connectivity index (χ0) is 12.8. The van der Waals surface area contributed by atoms with E-state index in [1.165, 1.54) is 0 Å². The van der Waals surface area contributed by atoms with Crippen LogP contribution in [0.2, 0.25) is 0 Å². The summed E-state index contributed by atoms with van der Waals surface area (Å²) in [7, 11) is 0. The van der Waals surface area contributed by atoms with Gasteiger partial charge in [0.2, 0.25) is 0 Å². The average Bonchev–Trinajstić information content (AvgIpc) is 2.25. The molecule has 1 aromatic carbocycles. The molecule has 0 atom stereocenters. The van der Waals surface area contributed by atoms with E-state index in [2.05, 4.69) is 5.32 Å². The van der Waals surface area contributed by atoms with Crippen LogP contribution >= 0.6 is 0 Å². The zero-order valence-corrected chi connectivity index (χ0v) is 10.2. The smallest absolute Gasteiger partial charge is 0.322 e. The second kappa shape index (κ2) is 6.10. The molecule has 5 heteroatoms. The molecule has 0 saturated carbocycles. The van der Waals surface area contributed by atoms with Gasteiger partial charge in [-0.3, -0.25) is 0 Å². The van der Waals surface area contributed by atoms with Gasteiger partial charge in [-0.05, 0) is 32.0 Å². The van der Waals surface area contributed by atoms with E-state index in [9.17, 15) is 4.79 Å². The quantitative estimate of drug-likeness (QED) is 0.694. The number of carbonyl (C=O) groups is 1. The number of carbonyl (C=O) groups excluding carboxylic acids is 1. The molecule has 0 bridgehead atoms. The minimum absolute atomic E-state index is 0.0307. The van der Waals surface area contributed by atoms with Gasteiger partial charge in [-0.25, -0.2) is 4.79 Å². The van der Waals surface area contributed by atoms with Crippen molar-refractivity contribution in [3.05, 3.63) is 24.3 Å². The summed E-state index contributed by atoms with van der Waals surface area (Å²) in [4.78, 5) is 13.5. The van der Waals surface area contributed by atoms with Crippen molar-refractivity contribution >= 4 is 17.4 Å². The number of aliphatic hydroxyl groups excluding tert-OH is 1. The number of anilines is 2. The maximum absolute atomic E-state index is 11.9. The Labute approximate surface area is 101 Å². The van der Waals surface area contributed by atoms with Crippen molar-refractivity contribution in [1.82, 2.24) is 4.90 Å². The van der Waals surface area contributed by atoms with Crippen molar-refractivity contribution in [2.24, 2.45) is 0 Å². The maximum Gasteiger partial charge on any atom is 0.322 e. The van der Waals surface area contributed by atoms with E-state index < -0.39 is 0 Å². The van der Waals surface area contributed by atoms with E-state index in [4.69, 9.17) is 10.8 Å². The number of nitrogens with one attached hydrogen (secondary N) is 1. The highest BCUT2D eigenvalue weighted by Gasteiger charge is 2.16. The van der Waals surface area contributed by atoms with E-state index in [0.29, 0.717) is 17.9 Å². The number of hydrogen-bond acceptors (Lipinski definition) is 3. The first-order chi connectivity index (χ1) is 8.04. The highest BCUT2D eigenvalue weighted by Crippen LogP contribution is 2.13. The number of nitrogens with zero attached hydrogens (tertiary/aromatic N) is 1. The molecule has 0 spiro atoms. The lowest BCUT2D eigenvalue weighted by molar-refractivity contribution is 0.172. The van der Waals surface area contributed by atoms with Crippen LogP contribution in [0.15, 0.2) is 24.3 Å². The maximum atomic E-state index is 11.9. The first-order valence-corrected chi connectivity index (χ1v) is 5.58. The van der Waals surface area contributed by atoms with Crippen LogP contribution in [0.5, 0.6) is 0 Å². The van der Waals surface area contributed by atoms with Crippen LogP contribution in [0.25, 0.3) is 0 Å². The molecule has 0 radical (unpaired) electrons. The van der Waals surface area contributed by atoms with Gasteiger partial charge < -0.3 is 21.1 Å². The molecular formula is C12H19N3O2. The van der Waals surface area contributed by atoms with Crippen molar-refractivity contribution in [2.45, 2.75) is 19.9 Å². The number of benzene rings is 1. The predicted octanol–water partition coefficient (Wildman–Crippen LogP) is 1.50. The van der Waals surface area contributed by atoms with Gasteiger partial charge in [-0.15, -0.1) is 0 Å². The van der Waals surface area contributed by atoms with E-state index >= 15 is 0 Å². The van der Waals surface area contributed by atoms with E-state index in [1.54, 1.807) is 29.2 Å². The number of amides is 2. The largest absolute Gasteiger partial charge is 0.399 e. The van der Waals surface area contributed by atoms with Gasteiger partial charge in [0, 0.05) is 24.0 Å². The number of nitrogen functional groups attached to an aromatic ring is 1. The van der Waals surface area contributed by atoms with Crippen molar-refractivity contribution in [2.75, 3.05) is 24.2 Å². The second-order valence-electron chi connectivity index (χ2n) is 4.07. The third kappa shape index (κ3) is 3.96. The molecule has 0 unspecified atom stereocenters. The van der Waals surface area contributed by atoms with E-state index in [0.717, 1.165) is 0 Å². The molecule has 0 aliphatic carbocycles. The van der Waals surface area contributed by atoms with Crippen molar-refractivity contribution < 1.29 is 9.90 Å². The van der Waals surface area contributed by atoms with Crippen LogP contribution in [0.4, 0.5) is 16.2 Å². The third-order valence-electron chi connectivity index (χ3n) is 2.36. The normalized spacial score (nSPS) is 10.4. The third-order valence-corrected chi connectivity index (χ3v) is 2.36. The minimum Gasteiger partial charge on any atom is -0.399 e. The predicted molar refractivity (Wildman–Crippen MR) is 68.8 cm³/mol. The summed E-state index contributed by atoms with van der Waals surface area (Å²) in [5.41, 5.74) is 6.87. The van der Waals surface area contributed by atoms with Gasteiger partial charge in [-0.2, -0.15) is 0 Å². The molecule has 1 rings (SSSR count). The standard InChI is InChI=1S/C12H19N3O2/c1-9(2)15(6-7-16)12(17)14-11-5-3-4-10(13)8-11/h3-5,8-9,16H,6-7,13H2,1-2H3,(H,14,17). The second-order valence-corrected chi connectivity index (χ2v) is 4.07. The lowest BCUT2D eigenvalue weighted by atomic mass is 10.3. The topological polar surface area (TPSA) is 78.6 Å². The fourth-order valence-corrected chi connectivity index (χ4v) is 1.51. The molecule has 2 amide bonds. The van der Waals surface area contributed by atoms with Crippen LogP contribution in [0.3, 0.4) is 0 Å². The number of rotatable bonds is 4. The Morgan fingerprint density at radius 2 is 2.24 bits per heavy atom. The molecule has 0 aliphatic heterocycles. The molecule has 5 nitrogen and oxygen atoms in total. The van der Waals surface area contributed by atoms with Crippen molar-refractivity contribution in [3.8, 4) is 0 Å². The van der Waals surface area contributed by atoms with E-state index in [-0.39, 0.29) is 18.7 Å². The Morgan fingerprint density at radius 1 is 1.53 bits per heavy atom. The molecule has 0 saturated heterocycles. The molecular weight excluding hydrogens is 218 g/mol. The van der Waals surface area contributed by atoms with Gasteiger partial charge >= 0.3 is 6.03 Å². The van der Waals surface area contributed by atoms with Gasteiger partial charge in [0.05, 0.1) is 6.61 Å². The number of nitrogens with two attached hydrogens (primary N) is 1. The fourth-order valence-electron chi connectivity index (χ4n) is 1.51. The first kappa shape index (κ1) is 13.3. The van der Waals surface area contributed by atoms with Crippen LogP contribution in [-0.4, -0.2) is 35.2 Å². The van der Waals surface area contributed by atoms with Gasteiger partial charge in [0.1, 0.15) is 0 Å². The lowest BCUT2D eigenvalue weighted by Crippen LogP contribution is -2.41. The van der Waals surface area contributed by atoms with Crippen molar-refractivity contribution in [3.63, 3.8) is 0 Å². The summed E-state index contributed by atoms with van der Waals surface area (Å²) in [6.07, 6.45) is 0. The number of aliphatic hydroxyl groups is 1. The summed E-state index contributed by atoms with van der Waals surface area (Å²) in [6.45, 7) is 4.05. The fraction of sp³-hybridized carbons (Fsp3) is 0.417. The van der Waals surface area contributed by atoms with Crippen LogP contribution in [0, 0.1) is 0 Å². The van der Waals surface area contributed by atoms with Crippen molar-refractivity contribution in [1.29, 1.82) is 0 Å². The zero-order valence-electron chi connectivity index (χ0n) is 10.2. The summed E-state index contributed by atoms with van der Waals surface area (Å²) >= 11 is 0. The summed E-state index contributed by atoms with van der Waals surface area (Å²) in [5.74, 6) is 0. The molecule has 0 aliphatic rings.